The van der Waals surface area contributed by atoms with Crippen LogP contribution in [0.1, 0.15) is 43.5 Å². The number of piperidine rings is 1. The van der Waals surface area contributed by atoms with Crippen molar-refractivity contribution < 1.29 is 23.8 Å². The van der Waals surface area contributed by atoms with E-state index in [1.54, 1.807) is 26.4 Å². The molecule has 2 atom stereocenters. The molecule has 1 aliphatic rings. The number of para-hydroxylation sites is 1. The number of carbonyl (C=O) groups is 2. The number of hydrogen-bond donors (Lipinski definition) is 0. The summed E-state index contributed by atoms with van der Waals surface area (Å²) in [5.41, 5.74) is 2.38. The van der Waals surface area contributed by atoms with Gasteiger partial charge in [0.25, 0.3) is 5.91 Å². The van der Waals surface area contributed by atoms with Gasteiger partial charge in [-0.05, 0) is 63.4 Å². The maximum Gasteiger partial charge on any atom is 0.339 e. The van der Waals surface area contributed by atoms with Crippen molar-refractivity contribution in [1.29, 1.82) is 0 Å². The number of pyridine rings is 1. The predicted octanol–water partition coefficient (Wildman–Crippen LogP) is 4.87. The molecule has 4 rings (SSSR count). The molecule has 1 fully saturated rings. The van der Waals surface area contributed by atoms with Crippen molar-refractivity contribution in [3.8, 4) is 22.8 Å². The number of esters is 1. The van der Waals surface area contributed by atoms with E-state index in [1.807, 2.05) is 55.1 Å². The van der Waals surface area contributed by atoms with Crippen LogP contribution in [0.25, 0.3) is 22.2 Å². The SMILES string of the molecule is COc1ccc(-c2cc(C(=O)OCC(=O)N3[C@@H](C)CCC[C@@H]3C)c3ccccc3n2)cc1OC. The van der Waals surface area contributed by atoms with Gasteiger partial charge in [0.15, 0.2) is 18.1 Å². The molecule has 0 unspecified atom stereocenters. The molecule has 1 aromatic heterocycles. The average Bonchev–Trinajstić information content (AvgIpc) is 2.86. The Balaban J connectivity index is 1.63. The number of hydrogen-bond acceptors (Lipinski definition) is 6. The lowest BCUT2D eigenvalue weighted by Crippen LogP contribution is -2.49. The highest BCUT2D eigenvalue weighted by molar-refractivity contribution is 6.05. The predicted molar refractivity (Wildman–Crippen MR) is 130 cm³/mol. The highest BCUT2D eigenvalue weighted by Crippen LogP contribution is 2.33. The zero-order valence-electron chi connectivity index (χ0n) is 20.0. The Hall–Kier alpha value is -3.61. The standard InChI is InChI=1S/C27H30N2O5/c1-17-8-7-9-18(2)29(17)26(30)16-34-27(31)21-15-23(28-22-11-6-5-10-20(21)22)19-12-13-24(32-3)25(14-19)33-4/h5-6,10-15,17-18H,7-9,16H2,1-4H3/t17-,18-/m0/s1. The number of fused-ring (bicyclic) bond motifs is 1. The maximum atomic E-state index is 13.2. The fourth-order valence-corrected chi connectivity index (χ4v) is 4.68. The molecule has 0 N–H and O–H groups in total. The van der Waals surface area contributed by atoms with Gasteiger partial charge in [0, 0.05) is 23.0 Å². The molecule has 3 aromatic rings. The van der Waals surface area contributed by atoms with E-state index < -0.39 is 5.97 Å². The second kappa shape index (κ2) is 10.1. The molecule has 7 nitrogen and oxygen atoms in total. The molecule has 0 radical (unpaired) electrons. The van der Waals surface area contributed by atoms with E-state index in [1.165, 1.54) is 0 Å². The third kappa shape index (κ3) is 4.69. The number of likely N-dealkylation sites (tertiary alicyclic amines) is 1. The lowest BCUT2D eigenvalue weighted by Gasteiger charge is -2.38. The van der Waals surface area contributed by atoms with Crippen LogP contribution in [-0.4, -0.2) is 54.7 Å². The largest absolute Gasteiger partial charge is 0.493 e. The molecular weight excluding hydrogens is 432 g/mol. The van der Waals surface area contributed by atoms with Gasteiger partial charge in [-0.3, -0.25) is 4.79 Å². The van der Waals surface area contributed by atoms with E-state index in [-0.39, 0.29) is 24.6 Å². The van der Waals surface area contributed by atoms with E-state index in [9.17, 15) is 9.59 Å². The Morgan fingerprint density at radius 2 is 1.68 bits per heavy atom. The van der Waals surface area contributed by atoms with Crippen molar-refractivity contribution in [2.45, 2.75) is 45.2 Å². The summed E-state index contributed by atoms with van der Waals surface area (Å²) in [6, 6.07) is 14.8. The minimum atomic E-state index is -0.550. The third-order valence-corrected chi connectivity index (χ3v) is 6.42. The first-order chi connectivity index (χ1) is 16.4. The number of rotatable bonds is 6. The van der Waals surface area contributed by atoms with Gasteiger partial charge in [-0.25, -0.2) is 9.78 Å². The van der Waals surface area contributed by atoms with Gasteiger partial charge < -0.3 is 19.1 Å². The summed E-state index contributed by atoms with van der Waals surface area (Å²) in [7, 11) is 3.14. The van der Waals surface area contributed by atoms with Crippen molar-refractivity contribution >= 4 is 22.8 Å². The molecule has 0 bridgehead atoms. The van der Waals surface area contributed by atoms with Gasteiger partial charge in [0.05, 0.1) is 31.0 Å². The monoisotopic (exact) mass is 462 g/mol. The van der Waals surface area contributed by atoms with Crippen LogP contribution >= 0.6 is 0 Å². The van der Waals surface area contributed by atoms with Crippen LogP contribution in [0.3, 0.4) is 0 Å². The van der Waals surface area contributed by atoms with Crippen LogP contribution in [0.5, 0.6) is 11.5 Å². The molecule has 2 aromatic carbocycles. The Kier molecular flexibility index (Phi) is 7.01. The number of benzene rings is 2. The first-order valence-electron chi connectivity index (χ1n) is 11.5. The van der Waals surface area contributed by atoms with Crippen LogP contribution in [-0.2, 0) is 9.53 Å². The molecule has 0 saturated carbocycles. The first-order valence-corrected chi connectivity index (χ1v) is 11.5. The molecule has 0 aliphatic carbocycles. The zero-order chi connectivity index (χ0) is 24.2. The summed E-state index contributed by atoms with van der Waals surface area (Å²) < 4.78 is 16.3. The van der Waals surface area contributed by atoms with Crippen LogP contribution < -0.4 is 9.47 Å². The Bertz CT molecular complexity index is 1200. The van der Waals surface area contributed by atoms with Gasteiger partial charge in [-0.2, -0.15) is 0 Å². The quantitative estimate of drug-likeness (QED) is 0.487. The van der Waals surface area contributed by atoms with Crippen LogP contribution in [0.2, 0.25) is 0 Å². The molecule has 1 amide bonds. The molecule has 7 heteroatoms. The van der Waals surface area contributed by atoms with Gasteiger partial charge >= 0.3 is 5.97 Å². The summed E-state index contributed by atoms with van der Waals surface area (Å²) in [5.74, 6) is 0.457. The summed E-state index contributed by atoms with van der Waals surface area (Å²) in [6.45, 7) is 3.80. The van der Waals surface area contributed by atoms with Gasteiger partial charge in [0.1, 0.15) is 0 Å². The topological polar surface area (TPSA) is 78.0 Å². The molecule has 0 spiro atoms. The lowest BCUT2D eigenvalue weighted by atomic mass is 9.97. The zero-order valence-corrected chi connectivity index (χ0v) is 20.0. The smallest absolute Gasteiger partial charge is 0.339 e. The number of amides is 1. The normalized spacial score (nSPS) is 17.9. The van der Waals surface area contributed by atoms with Gasteiger partial charge in [0.2, 0.25) is 0 Å². The molecular formula is C27H30N2O5. The molecule has 1 aliphatic heterocycles. The summed E-state index contributed by atoms with van der Waals surface area (Å²) in [5, 5.41) is 0.670. The highest BCUT2D eigenvalue weighted by Gasteiger charge is 2.29. The Labute approximate surface area is 199 Å². The third-order valence-electron chi connectivity index (χ3n) is 6.42. The van der Waals surface area contributed by atoms with Crippen molar-refractivity contribution in [2.75, 3.05) is 20.8 Å². The second-order valence-electron chi connectivity index (χ2n) is 8.65. The Morgan fingerprint density at radius 3 is 2.38 bits per heavy atom. The summed E-state index contributed by atoms with van der Waals surface area (Å²) in [6.07, 6.45) is 3.04. The van der Waals surface area contributed by atoms with Gasteiger partial charge in [-0.15, -0.1) is 0 Å². The maximum absolute atomic E-state index is 13.2. The average molecular weight is 463 g/mol. The van der Waals surface area contributed by atoms with E-state index in [4.69, 9.17) is 19.2 Å². The molecule has 2 heterocycles. The van der Waals surface area contributed by atoms with Crippen molar-refractivity contribution in [1.82, 2.24) is 9.88 Å². The number of aromatic nitrogens is 1. The number of methoxy groups -OCH3 is 2. The fraction of sp³-hybridized carbons (Fsp3) is 0.370. The van der Waals surface area contributed by atoms with Gasteiger partial charge in [-0.1, -0.05) is 18.2 Å². The summed E-state index contributed by atoms with van der Waals surface area (Å²) in [4.78, 5) is 32.6. The Morgan fingerprint density at radius 1 is 0.971 bits per heavy atom. The van der Waals surface area contributed by atoms with E-state index >= 15 is 0 Å². The second-order valence-corrected chi connectivity index (χ2v) is 8.65. The van der Waals surface area contributed by atoms with Crippen LogP contribution in [0.15, 0.2) is 48.5 Å². The number of carbonyl (C=O) groups excluding carboxylic acids is 2. The van der Waals surface area contributed by atoms with Crippen molar-refractivity contribution in [3.63, 3.8) is 0 Å². The van der Waals surface area contributed by atoms with E-state index in [0.29, 0.717) is 33.7 Å². The molecule has 178 valence electrons. The lowest BCUT2D eigenvalue weighted by molar-refractivity contribution is -0.140. The molecule has 34 heavy (non-hydrogen) atoms. The minimum absolute atomic E-state index is 0.147. The van der Waals surface area contributed by atoms with Crippen LogP contribution in [0.4, 0.5) is 0 Å². The fourth-order valence-electron chi connectivity index (χ4n) is 4.68. The van der Waals surface area contributed by atoms with Crippen molar-refractivity contribution in [3.05, 3.63) is 54.1 Å². The molecule has 1 saturated heterocycles. The first kappa shape index (κ1) is 23.5. The van der Waals surface area contributed by atoms with Crippen molar-refractivity contribution in [2.24, 2.45) is 0 Å². The van der Waals surface area contributed by atoms with Crippen LogP contribution in [0, 0.1) is 0 Å². The van der Waals surface area contributed by atoms with E-state index in [0.717, 1.165) is 24.8 Å². The summed E-state index contributed by atoms with van der Waals surface area (Å²) >= 11 is 0. The number of ether oxygens (including phenoxy) is 3. The highest BCUT2D eigenvalue weighted by atomic mass is 16.5. The number of nitrogens with zero attached hydrogens (tertiary/aromatic N) is 2. The minimum Gasteiger partial charge on any atom is -0.493 e. The van der Waals surface area contributed by atoms with E-state index in [2.05, 4.69) is 0 Å².